The highest BCUT2D eigenvalue weighted by Gasteiger charge is 2.38. The number of aliphatic hydroxyl groups excluding tert-OH is 1. The maximum Gasteiger partial charge on any atom is 0.335 e. The molecule has 2 aromatic carbocycles. The molecule has 4 rings (SSSR count). The van der Waals surface area contributed by atoms with Crippen LogP contribution in [0.4, 0.5) is 5.69 Å². The van der Waals surface area contributed by atoms with Crippen LogP contribution in [0.3, 0.4) is 0 Å². The normalized spacial score (nSPS) is 21.7. The van der Waals surface area contributed by atoms with Crippen molar-refractivity contribution in [3.8, 4) is 5.75 Å². The van der Waals surface area contributed by atoms with Crippen LogP contribution in [-0.2, 0) is 27.8 Å². The number of methoxy groups -OCH3 is 1. The number of aryl methyl sites for hydroxylation is 1. The van der Waals surface area contributed by atoms with Gasteiger partial charge in [0.05, 0.1) is 24.0 Å². The van der Waals surface area contributed by atoms with Gasteiger partial charge >= 0.3 is 5.97 Å². The summed E-state index contributed by atoms with van der Waals surface area (Å²) in [5.74, 6) is -0.245. The first-order chi connectivity index (χ1) is 19.9. The summed E-state index contributed by atoms with van der Waals surface area (Å²) in [6, 6.07) is 10.8. The van der Waals surface area contributed by atoms with Crippen molar-refractivity contribution in [2.75, 3.05) is 31.7 Å². The smallest absolute Gasteiger partial charge is 0.335 e. The molecule has 1 heterocycles. The number of carbonyl (C=O) groups is 1. The van der Waals surface area contributed by atoms with Crippen LogP contribution in [0.2, 0.25) is 5.02 Å². The topological polar surface area (TPSA) is 139 Å². The molecule has 1 saturated carbocycles. The van der Waals surface area contributed by atoms with Gasteiger partial charge in [-0.1, -0.05) is 29.8 Å². The average molecular weight is 621 g/mol. The van der Waals surface area contributed by atoms with Gasteiger partial charge in [0.1, 0.15) is 17.1 Å². The maximum absolute atomic E-state index is 12.1. The van der Waals surface area contributed by atoms with E-state index < -0.39 is 26.8 Å². The third-order valence-corrected chi connectivity index (χ3v) is 10.5. The third-order valence-electron chi connectivity index (χ3n) is 8.61. The number of nitrogens with zero attached hydrogens (tertiary/aromatic N) is 1. The number of benzene rings is 2. The fourth-order valence-electron chi connectivity index (χ4n) is 5.79. The number of hydrogen-bond donors (Lipinski definition) is 3. The number of hydrogen-bond acceptors (Lipinski definition) is 7. The number of primary sulfonamides is 1. The van der Waals surface area contributed by atoms with E-state index in [9.17, 15) is 23.4 Å². The Bertz CT molecular complexity index is 1400. The summed E-state index contributed by atoms with van der Waals surface area (Å²) in [4.78, 5) is 14.0. The lowest BCUT2D eigenvalue weighted by Gasteiger charge is -2.42. The molecule has 1 aliphatic heterocycles. The Hall–Kier alpha value is -2.63. The second kappa shape index (κ2) is 13.8. The highest BCUT2D eigenvalue weighted by molar-refractivity contribution is 7.90. The summed E-state index contributed by atoms with van der Waals surface area (Å²) < 4.78 is 34.3. The number of allylic oxidation sites excluding steroid dienone is 1. The van der Waals surface area contributed by atoms with E-state index >= 15 is 0 Å². The Balaban J connectivity index is 1.52. The van der Waals surface area contributed by atoms with Gasteiger partial charge in [0, 0.05) is 25.2 Å². The zero-order chi connectivity index (χ0) is 30.5. The quantitative estimate of drug-likeness (QED) is 0.322. The van der Waals surface area contributed by atoms with Crippen molar-refractivity contribution in [3.63, 3.8) is 0 Å². The van der Waals surface area contributed by atoms with Crippen LogP contribution in [-0.4, -0.2) is 62.3 Å². The highest BCUT2D eigenvalue weighted by Crippen LogP contribution is 2.41. The number of carboxylic acids is 1. The van der Waals surface area contributed by atoms with Gasteiger partial charge in [0.15, 0.2) is 0 Å². The first kappa shape index (κ1) is 32.3. The maximum atomic E-state index is 12.1. The van der Waals surface area contributed by atoms with Crippen LogP contribution in [0.5, 0.6) is 5.75 Å². The SMILES string of the molecule is COCC(C)(C/C=C/[C@H](O)[C@@H]1CC[C@H]1CN1CCCCc2cc(Cl)ccc2COc2ccc(C(=O)O)cc21)S(N)(=O)=O. The average Bonchev–Trinajstić information content (AvgIpc) is 2.93. The van der Waals surface area contributed by atoms with Crippen molar-refractivity contribution in [1.29, 1.82) is 0 Å². The molecule has 4 atom stereocenters. The lowest BCUT2D eigenvalue weighted by molar-refractivity contribution is 0.0460. The van der Waals surface area contributed by atoms with Crippen molar-refractivity contribution < 1.29 is 32.9 Å². The third kappa shape index (κ3) is 7.65. The largest absolute Gasteiger partial charge is 0.487 e. The number of aromatic carboxylic acids is 1. The van der Waals surface area contributed by atoms with E-state index in [1.54, 1.807) is 30.4 Å². The molecular formula is C31H41ClN2O7S. The molecule has 0 radical (unpaired) electrons. The Labute approximate surface area is 253 Å². The number of aliphatic hydroxyl groups is 1. The van der Waals surface area contributed by atoms with Gasteiger partial charge < -0.3 is 24.6 Å². The van der Waals surface area contributed by atoms with Crippen LogP contribution < -0.4 is 14.8 Å². The lowest BCUT2D eigenvalue weighted by Crippen LogP contribution is -2.44. The minimum Gasteiger partial charge on any atom is -0.487 e. The zero-order valence-corrected chi connectivity index (χ0v) is 25.7. The molecule has 2 aliphatic rings. The fourth-order valence-corrected chi connectivity index (χ4v) is 6.59. The Morgan fingerprint density at radius 3 is 2.69 bits per heavy atom. The second-order valence-electron chi connectivity index (χ2n) is 11.6. The van der Waals surface area contributed by atoms with E-state index in [1.807, 2.05) is 18.2 Å². The summed E-state index contributed by atoms with van der Waals surface area (Å²) >= 11 is 6.27. The predicted molar refractivity (Wildman–Crippen MR) is 164 cm³/mol. The minimum atomic E-state index is -3.86. The van der Waals surface area contributed by atoms with Gasteiger partial charge in [0.25, 0.3) is 0 Å². The van der Waals surface area contributed by atoms with Crippen LogP contribution in [0.1, 0.15) is 60.5 Å². The summed E-state index contributed by atoms with van der Waals surface area (Å²) in [7, 11) is -2.44. The van der Waals surface area contributed by atoms with Gasteiger partial charge in [-0.3, -0.25) is 0 Å². The Morgan fingerprint density at radius 2 is 2.02 bits per heavy atom. The fraction of sp³-hybridized carbons (Fsp3) is 0.516. The van der Waals surface area contributed by atoms with Crippen LogP contribution in [0.25, 0.3) is 0 Å². The number of anilines is 1. The molecule has 0 aromatic heterocycles. The molecule has 42 heavy (non-hydrogen) atoms. The van der Waals surface area contributed by atoms with E-state index in [-0.39, 0.29) is 30.4 Å². The van der Waals surface area contributed by atoms with Gasteiger partial charge in [-0.05, 0) is 98.7 Å². The van der Waals surface area contributed by atoms with Crippen molar-refractivity contribution in [3.05, 3.63) is 70.3 Å². The van der Waals surface area contributed by atoms with Crippen molar-refractivity contribution in [2.45, 2.75) is 62.9 Å². The molecule has 230 valence electrons. The van der Waals surface area contributed by atoms with Gasteiger partial charge in [-0.2, -0.15) is 0 Å². The standard InChI is InChI=1S/C31H41ClN2O7S/c1-31(20-40-2,42(33,38)39)14-5-7-28(35)26-12-9-23(26)18-34-15-4-3-6-21-16-25(32)11-8-24(21)19-41-29-13-10-22(30(36)37)17-27(29)34/h5,7-8,10-11,13,16-17,23,26,28,35H,3-4,6,9,12,14-15,18-20H2,1-2H3,(H,36,37)(H2,33,38,39)/b7-5+/t23-,26+,28-,31?/m0/s1. The predicted octanol–water partition coefficient (Wildman–Crippen LogP) is 4.79. The molecule has 9 nitrogen and oxygen atoms in total. The molecule has 1 fully saturated rings. The van der Waals surface area contributed by atoms with Crippen LogP contribution >= 0.6 is 11.6 Å². The molecule has 0 amide bonds. The van der Waals surface area contributed by atoms with Crippen molar-refractivity contribution >= 4 is 33.3 Å². The minimum absolute atomic E-state index is 0.0129. The van der Waals surface area contributed by atoms with Crippen molar-refractivity contribution in [1.82, 2.24) is 0 Å². The second-order valence-corrected chi connectivity index (χ2v) is 14.2. The summed E-state index contributed by atoms with van der Waals surface area (Å²) in [5, 5.41) is 26.9. The molecule has 0 bridgehead atoms. The van der Waals surface area contributed by atoms with E-state index in [0.717, 1.165) is 48.9 Å². The molecule has 1 aliphatic carbocycles. The van der Waals surface area contributed by atoms with Gasteiger partial charge in [0.2, 0.25) is 10.0 Å². The van der Waals surface area contributed by atoms with E-state index in [4.69, 9.17) is 26.2 Å². The number of sulfonamides is 1. The monoisotopic (exact) mass is 620 g/mol. The number of carboxylic acid groups (broad SMARTS) is 1. The molecule has 0 saturated heterocycles. The molecule has 2 aromatic rings. The van der Waals surface area contributed by atoms with E-state index in [1.165, 1.54) is 14.0 Å². The first-order valence-corrected chi connectivity index (χ1v) is 16.2. The number of fused-ring (bicyclic) bond motifs is 2. The van der Waals surface area contributed by atoms with Crippen LogP contribution in [0, 0.1) is 11.8 Å². The zero-order valence-electron chi connectivity index (χ0n) is 24.2. The molecule has 4 N–H and O–H groups in total. The summed E-state index contributed by atoms with van der Waals surface area (Å²) in [6.45, 7) is 3.16. The number of rotatable bonds is 10. The van der Waals surface area contributed by atoms with Crippen molar-refractivity contribution in [2.24, 2.45) is 17.0 Å². The molecule has 0 spiro atoms. The molecule has 1 unspecified atom stereocenters. The summed E-state index contributed by atoms with van der Waals surface area (Å²) in [5.41, 5.74) is 3.12. The van der Waals surface area contributed by atoms with Crippen LogP contribution in [0.15, 0.2) is 48.6 Å². The lowest BCUT2D eigenvalue weighted by atomic mass is 9.70. The molecule has 11 heteroatoms. The molecular weight excluding hydrogens is 580 g/mol. The number of halogens is 1. The Morgan fingerprint density at radius 1 is 1.24 bits per heavy atom. The van der Waals surface area contributed by atoms with E-state index in [2.05, 4.69) is 4.90 Å². The first-order valence-electron chi connectivity index (χ1n) is 14.3. The van der Waals surface area contributed by atoms with Gasteiger partial charge in [-0.15, -0.1) is 0 Å². The Kier molecular flexibility index (Phi) is 10.6. The number of nitrogens with two attached hydrogens (primary N) is 1. The highest BCUT2D eigenvalue weighted by atomic mass is 35.5. The number of ether oxygens (including phenoxy) is 2. The van der Waals surface area contributed by atoms with Gasteiger partial charge in [-0.25, -0.2) is 18.4 Å². The summed E-state index contributed by atoms with van der Waals surface area (Å²) in [6.07, 6.45) is 7.13. The van der Waals surface area contributed by atoms with E-state index in [0.29, 0.717) is 30.5 Å².